The summed E-state index contributed by atoms with van der Waals surface area (Å²) < 4.78 is 7.91. The third-order valence-electron chi connectivity index (χ3n) is 7.27. The zero-order valence-corrected chi connectivity index (χ0v) is 19.3. The Morgan fingerprint density at radius 3 is 2.97 bits per heavy atom. The number of amides is 1. The first-order valence-electron chi connectivity index (χ1n) is 11.9. The molecule has 0 spiro atoms. The van der Waals surface area contributed by atoms with Crippen LogP contribution in [0.3, 0.4) is 0 Å². The quantitative estimate of drug-likeness (QED) is 0.652. The summed E-state index contributed by atoms with van der Waals surface area (Å²) in [6.07, 6.45) is 10.7. The topological polar surface area (TPSA) is 81.1 Å². The lowest BCUT2D eigenvalue weighted by Gasteiger charge is -2.42. The maximum atomic E-state index is 12.8. The number of nitrogens with zero attached hydrogens (tertiary/aromatic N) is 3. The molecule has 1 saturated carbocycles. The van der Waals surface area contributed by atoms with E-state index < -0.39 is 0 Å². The molecule has 2 N–H and O–H groups in total. The van der Waals surface area contributed by atoms with E-state index in [0.29, 0.717) is 5.92 Å². The lowest BCUT2D eigenvalue weighted by atomic mass is 9.74. The van der Waals surface area contributed by atoms with Gasteiger partial charge in [0, 0.05) is 42.0 Å². The number of hydrogen-bond acceptors (Lipinski definition) is 5. The molecule has 1 aliphatic carbocycles. The third-order valence-corrected chi connectivity index (χ3v) is 7.67. The summed E-state index contributed by atoms with van der Waals surface area (Å²) in [5.41, 5.74) is 2.05. The van der Waals surface area contributed by atoms with Gasteiger partial charge in [0.2, 0.25) is 5.91 Å². The van der Waals surface area contributed by atoms with Gasteiger partial charge in [-0.1, -0.05) is 0 Å². The number of fused-ring (bicyclic) bond motifs is 1. The standard InChI is InChI=1S/C24H32ClN5O2/c1-15(19-13-17-12-18(25)5-6-20(17)29-24(19)31)28-22-14-16(7-9-26-22)21-8-10-27-30(21)23-4-2-3-11-32-23/h7-10,14-15,17-20,23H,2-6,11-13H2,1H3,(H,26,28)(H,29,31)/t15-,17?,18?,19?,20?,23?/m0/s1. The zero-order chi connectivity index (χ0) is 22.1. The first kappa shape index (κ1) is 21.7. The van der Waals surface area contributed by atoms with Crippen LogP contribution in [0.25, 0.3) is 11.3 Å². The van der Waals surface area contributed by atoms with E-state index in [0.717, 1.165) is 68.6 Å². The number of nitrogens with one attached hydrogen (secondary N) is 2. The number of ether oxygens (including phenoxy) is 1. The van der Waals surface area contributed by atoms with Crippen LogP contribution in [0.1, 0.15) is 58.1 Å². The van der Waals surface area contributed by atoms with E-state index in [-0.39, 0.29) is 35.5 Å². The lowest BCUT2D eigenvalue weighted by molar-refractivity contribution is -0.130. The monoisotopic (exact) mass is 457 g/mol. The summed E-state index contributed by atoms with van der Waals surface area (Å²) in [7, 11) is 0. The Kier molecular flexibility index (Phi) is 6.37. The number of anilines is 1. The van der Waals surface area contributed by atoms with Crippen molar-refractivity contribution in [1.82, 2.24) is 20.1 Å². The largest absolute Gasteiger partial charge is 0.367 e. The minimum atomic E-state index is -0.0927. The summed E-state index contributed by atoms with van der Waals surface area (Å²) in [5.74, 6) is 1.27. The van der Waals surface area contributed by atoms with Crippen molar-refractivity contribution in [3.8, 4) is 11.3 Å². The van der Waals surface area contributed by atoms with Gasteiger partial charge in [0.1, 0.15) is 5.82 Å². The number of aromatic nitrogens is 3. The highest BCUT2D eigenvalue weighted by atomic mass is 35.5. The molecule has 32 heavy (non-hydrogen) atoms. The number of rotatable bonds is 5. The maximum Gasteiger partial charge on any atom is 0.225 e. The molecule has 6 atom stereocenters. The van der Waals surface area contributed by atoms with Crippen LogP contribution in [0.15, 0.2) is 30.6 Å². The van der Waals surface area contributed by atoms with Gasteiger partial charge in [0.15, 0.2) is 6.23 Å². The fraction of sp³-hybridized carbons (Fsp3) is 0.625. The van der Waals surface area contributed by atoms with Gasteiger partial charge in [0.25, 0.3) is 0 Å². The van der Waals surface area contributed by atoms with E-state index in [2.05, 4.69) is 27.6 Å². The molecular weight excluding hydrogens is 426 g/mol. The van der Waals surface area contributed by atoms with Crippen molar-refractivity contribution in [3.63, 3.8) is 0 Å². The number of hydrogen-bond donors (Lipinski definition) is 2. The minimum absolute atomic E-state index is 0.0163. The van der Waals surface area contributed by atoms with Gasteiger partial charge in [-0.05, 0) is 76.0 Å². The van der Waals surface area contributed by atoms with Gasteiger partial charge < -0.3 is 15.4 Å². The molecule has 3 aliphatic rings. The van der Waals surface area contributed by atoms with Gasteiger partial charge >= 0.3 is 0 Å². The Hall–Kier alpha value is -2.12. The number of pyridine rings is 1. The van der Waals surface area contributed by atoms with Crippen molar-refractivity contribution in [2.75, 3.05) is 11.9 Å². The Morgan fingerprint density at radius 2 is 2.12 bits per heavy atom. The molecule has 0 aromatic carbocycles. The second kappa shape index (κ2) is 9.40. The van der Waals surface area contributed by atoms with Gasteiger partial charge in [-0.15, -0.1) is 11.6 Å². The molecule has 3 fully saturated rings. The van der Waals surface area contributed by atoms with Crippen molar-refractivity contribution in [2.24, 2.45) is 11.8 Å². The van der Waals surface area contributed by atoms with Crippen LogP contribution in [0.2, 0.25) is 0 Å². The van der Waals surface area contributed by atoms with Crippen LogP contribution < -0.4 is 10.6 Å². The average Bonchev–Trinajstić information content (AvgIpc) is 3.30. The Bertz CT molecular complexity index is 944. The summed E-state index contributed by atoms with van der Waals surface area (Å²) in [4.78, 5) is 17.3. The number of alkyl halides is 1. The highest BCUT2D eigenvalue weighted by Crippen LogP contribution is 2.37. The highest BCUT2D eigenvalue weighted by molar-refractivity contribution is 6.20. The van der Waals surface area contributed by atoms with Crippen molar-refractivity contribution in [1.29, 1.82) is 0 Å². The van der Waals surface area contributed by atoms with Crippen LogP contribution >= 0.6 is 11.6 Å². The van der Waals surface area contributed by atoms with E-state index in [4.69, 9.17) is 16.3 Å². The fourth-order valence-electron chi connectivity index (χ4n) is 5.50. The van der Waals surface area contributed by atoms with E-state index in [1.165, 1.54) is 0 Å². The summed E-state index contributed by atoms with van der Waals surface area (Å²) in [5, 5.41) is 11.5. The molecule has 8 heteroatoms. The zero-order valence-electron chi connectivity index (χ0n) is 18.5. The second-order valence-corrected chi connectivity index (χ2v) is 10.1. The van der Waals surface area contributed by atoms with E-state index in [9.17, 15) is 4.79 Å². The highest BCUT2D eigenvalue weighted by Gasteiger charge is 2.41. The van der Waals surface area contributed by atoms with E-state index in [1.54, 1.807) is 6.20 Å². The predicted molar refractivity (Wildman–Crippen MR) is 124 cm³/mol. The molecule has 0 radical (unpaired) electrons. The van der Waals surface area contributed by atoms with Crippen LogP contribution in [-0.2, 0) is 9.53 Å². The molecule has 5 unspecified atom stereocenters. The Balaban J connectivity index is 1.29. The lowest BCUT2D eigenvalue weighted by Crippen LogP contribution is -2.55. The van der Waals surface area contributed by atoms with Gasteiger partial charge in [-0.2, -0.15) is 5.10 Å². The fourth-order valence-corrected chi connectivity index (χ4v) is 5.86. The molecule has 0 bridgehead atoms. The molecule has 1 amide bonds. The molecule has 172 valence electrons. The molecule has 5 rings (SSSR count). The molecule has 7 nitrogen and oxygen atoms in total. The first-order valence-corrected chi connectivity index (χ1v) is 12.3. The van der Waals surface area contributed by atoms with Crippen molar-refractivity contribution < 1.29 is 9.53 Å². The van der Waals surface area contributed by atoms with Crippen molar-refractivity contribution >= 4 is 23.3 Å². The number of piperidine rings is 1. The first-order chi connectivity index (χ1) is 15.6. The number of carbonyl (C=O) groups excluding carboxylic acids is 1. The van der Waals surface area contributed by atoms with Crippen LogP contribution in [0.5, 0.6) is 0 Å². The number of halogens is 1. The average molecular weight is 458 g/mol. The van der Waals surface area contributed by atoms with E-state index in [1.807, 2.05) is 29.1 Å². The maximum absolute atomic E-state index is 12.8. The summed E-state index contributed by atoms with van der Waals surface area (Å²) >= 11 is 6.41. The normalized spacial score (nSPS) is 31.4. The molecule has 2 saturated heterocycles. The van der Waals surface area contributed by atoms with Crippen LogP contribution in [0, 0.1) is 11.8 Å². The smallest absolute Gasteiger partial charge is 0.225 e. The molecule has 2 aromatic rings. The molecule has 4 heterocycles. The molecule has 2 aromatic heterocycles. The second-order valence-electron chi connectivity index (χ2n) is 9.47. The minimum Gasteiger partial charge on any atom is -0.367 e. The van der Waals surface area contributed by atoms with E-state index >= 15 is 0 Å². The molecule has 2 aliphatic heterocycles. The molecular formula is C24H32ClN5O2. The summed E-state index contributed by atoms with van der Waals surface area (Å²) in [6.45, 7) is 2.85. The Morgan fingerprint density at radius 1 is 1.22 bits per heavy atom. The number of carbonyl (C=O) groups is 1. The van der Waals surface area contributed by atoms with Crippen LogP contribution in [0.4, 0.5) is 5.82 Å². The van der Waals surface area contributed by atoms with Crippen LogP contribution in [-0.4, -0.2) is 44.7 Å². The van der Waals surface area contributed by atoms with Gasteiger partial charge in [-0.3, -0.25) is 4.79 Å². The summed E-state index contributed by atoms with van der Waals surface area (Å²) in [6, 6.07) is 6.30. The predicted octanol–water partition coefficient (Wildman–Crippen LogP) is 4.36. The third kappa shape index (κ3) is 4.50. The Labute approximate surface area is 194 Å². The van der Waals surface area contributed by atoms with Gasteiger partial charge in [0.05, 0.1) is 11.6 Å². The van der Waals surface area contributed by atoms with Crippen molar-refractivity contribution in [3.05, 3.63) is 30.6 Å². The van der Waals surface area contributed by atoms with Crippen molar-refractivity contribution in [2.45, 2.75) is 75.6 Å². The van der Waals surface area contributed by atoms with Gasteiger partial charge in [-0.25, -0.2) is 9.67 Å². The SMILES string of the molecule is C[C@H](Nc1cc(-c2ccnn2C2CCCCO2)ccn1)C1CC2CC(Cl)CCC2NC1=O.